The first kappa shape index (κ1) is 15.8. The summed E-state index contributed by atoms with van der Waals surface area (Å²) in [4.78, 5) is 1.00. The second kappa shape index (κ2) is 6.03. The maximum absolute atomic E-state index is 12.5. The summed E-state index contributed by atoms with van der Waals surface area (Å²) in [6.45, 7) is 0.291. The molecular formula is C12H12BrClN2O2S2. The van der Waals surface area contributed by atoms with E-state index in [1.165, 1.54) is 40.9 Å². The van der Waals surface area contributed by atoms with Crippen LogP contribution in [0.2, 0.25) is 5.02 Å². The number of sulfonamides is 1. The van der Waals surface area contributed by atoms with Gasteiger partial charge < -0.3 is 5.73 Å². The van der Waals surface area contributed by atoms with Crippen LogP contribution in [0.4, 0.5) is 5.69 Å². The van der Waals surface area contributed by atoms with Gasteiger partial charge in [-0.05, 0) is 40.2 Å². The van der Waals surface area contributed by atoms with Crippen molar-refractivity contribution < 1.29 is 8.42 Å². The van der Waals surface area contributed by atoms with Crippen LogP contribution in [0, 0.1) is 0 Å². The summed E-state index contributed by atoms with van der Waals surface area (Å²) < 4.78 is 27.1. The van der Waals surface area contributed by atoms with E-state index in [9.17, 15) is 8.42 Å². The third-order valence-electron chi connectivity index (χ3n) is 2.64. The maximum atomic E-state index is 12.5. The lowest BCUT2D eigenvalue weighted by molar-refractivity contribution is 0.469. The summed E-state index contributed by atoms with van der Waals surface area (Å²) >= 11 is 10.8. The molecule has 1 heterocycles. The molecule has 2 N–H and O–H groups in total. The number of rotatable bonds is 4. The molecule has 0 aliphatic rings. The first-order valence-electron chi connectivity index (χ1n) is 5.55. The average molecular weight is 396 g/mol. The highest BCUT2D eigenvalue weighted by Crippen LogP contribution is 2.28. The molecule has 1 aromatic heterocycles. The van der Waals surface area contributed by atoms with Gasteiger partial charge in [0.25, 0.3) is 0 Å². The van der Waals surface area contributed by atoms with Gasteiger partial charge in [0, 0.05) is 34.0 Å². The molecule has 0 atom stereocenters. The lowest BCUT2D eigenvalue weighted by Gasteiger charge is -2.17. The van der Waals surface area contributed by atoms with E-state index >= 15 is 0 Å². The smallest absolute Gasteiger partial charge is 0.244 e. The highest BCUT2D eigenvalue weighted by Gasteiger charge is 2.24. The number of halogens is 2. The largest absolute Gasteiger partial charge is 0.399 e. The Bertz CT molecular complexity index is 731. The zero-order valence-corrected chi connectivity index (χ0v) is 14.5. The number of hydrogen-bond acceptors (Lipinski definition) is 4. The van der Waals surface area contributed by atoms with E-state index in [1.54, 1.807) is 0 Å². The van der Waals surface area contributed by atoms with Crippen LogP contribution in [0.3, 0.4) is 0 Å². The number of nitrogens with zero attached hydrogens (tertiary/aromatic N) is 1. The second-order valence-electron chi connectivity index (χ2n) is 4.18. The Kier molecular flexibility index (Phi) is 4.76. The predicted octanol–water partition coefficient (Wildman–Crippen LogP) is 3.57. The number of nitrogens with two attached hydrogens (primary N) is 1. The molecule has 8 heteroatoms. The second-order valence-corrected chi connectivity index (χ2v) is 8.51. The molecular weight excluding hydrogens is 384 g/mol. The van der Waals surface area contributed by atoms with Gasteiger partial charge in [-0.25, -0.2) is 8.42 Å². The molecule has 0 spiro atoms. The van der Waals surface area contributed by atoms with E-state index in [2.05, 4.69) is 15.9 Å². The Morgan fingerprint density at radius 3 is 2.65 bits per heavy atom. The van der Waals surface area contributed by atoms with Crippen molar-refractivity contribution in [2.75, 3.05) is 12.8 Å². The van der Waals surface area contributed by atoms with Crippen LogP contribution in [-0.4, -0.2) is 19.8 Å². The van der Waals surface area contributed by atoms with E-state index in [1.807, 2.05) is 11.4 Å². The fraction of sp³-hybridized carbons (Fsp3) is 0.167. The van der Waals surface area contributed by atoms with Gasteiger partial charge in [0.05, 0.1) is 5.02 Å². The van der Waals surface area contributed by atoms with E-state index in [4.69, 9.17) is 17.3 Å². The minimum Gasteiger partial charge on any atom is -0.399 e. The van der Waals surface area contributed by atoms with Crippen LogP contribution >= 0.6 is 38.9 Å². The molecule has 0 bridgehead atoms. The third kappa shape index (κ3) is 3.35. The van der Waals surface area contributed by atoms with Crippen LogP contribution in [0.15, 0.2) is 39.0 Å². The molecule has 0 fully saturated rings. The summed E-state index contributed by atoms with van der Waals surface area (Å²) in [6.07, 6.45) is 0. The van der Waals surface area contributed by atoms with Crippen LogP contribution in [0.5, 0.6) is 0 Å². The third-order valence-corrected chi connectivity index (χ3v) is 6.61. The summed E-state index contributed by atoms with van der Waals surface area (Å²) in [5.41, 5.74) is 6.01. The van der Waals surface area contributed by atoms with Gasteiger partial charge in [0.2, 0.25) is 10.0 Å². The lowest BCUT2D eigenvalue weighted by atomic mass is 10.3. The van der Waals surface area contributed by atoms with Gasteiger partial charge >= 0.3 is 0 Å². The van der Waals surface area contributed by atoms with Crippen LogP contribution in [-0.2, 0) is 16.6 Å². The molecule has 2 rings (SSSR count). The lowest BCUT2D eigenvalue weighted by Crippen LogP contribution is -2.26. The Morgan fingerprint density at radius 1 is 1.40 bits per heavy atom. The number of thiophene rings is 1. The van der Waals surface area contributed by atoms with Gasteiger partial charge in [0.1, 0.15) is 4.90 Å². The van der Waals surface area contributed by atoms with E-state index in [0.717, 1.165) is 9.35 Å². The summed E-state index contributed by atoms with van der Waals surface area (Å²) in [5, 5.41) is 2.04. The Morgan fingerprint density at radius 2 is 2.10 bits per heavy atom. The van der Waals surface area contributed by atoms with E-state index in [-0.39, 0.29) is 9.92 Å². The average Bonchev–Trinajstić information content (AvgIpc) is 2.74. The standard InChI is InChI=1S/C12H12BrClN2O2S2/c1-16(6-10-4-8(13)7-19-10)20(17,18)12-3-2-9(15)5-11(12)14/h2-5,7H,6,15H2,1H3. The molecule has 0 aliphatic carbocycles. The first-order valence-corrected chi connectivity index (χ1v) is 9.04. The van der Waals surface area contributed by atoms with Crippen LogP contribution in [0.25, 0.3) is 0 Å². The first-order chi connectivity index (χ1) is 9.30. The topological polar surface area (TPSA) is 63.4 Å². The van der Waals surface area contributed by atoms with Crippen LogP contribution < -0.4 is 5.73 Å². The fourth-order valence-corrected chi connectivity index (χ4v) is 4.89. The van der Waals surface area contributed by atoms with Crippen molar-refractivity contribution in [3.63, 3.8) is 0 Å². The van der Waals surface area contributed by atoms with Crippen molar-refractivity contribution in [2.24, 2.45) is 0 Å². The van der Waals surface area contributed by atoms with Gasteiger partial charge in [0.15, 0.2) is 0 Å². The molecule has 0 saturated carbocycles. The van der Waals surface area contributed by atoms with Crippen molar-refractivity contribution in [2.45, 2.75) is 11.4 Å². The fourth-order valence-electron chi connectivity index (χ4n) is 1.64. The SMILES string of the molecule is CN(Cc1cc(Br)cs1)S(=O)(=O)c1ccc(N)cc1Cl. The zero-order chi connectivity index (χ0) is 14.9. The minimum absolute atomic E-state index is 0.0616. The quantitative estimate of drug-likeness (QED) is 0.805. The van der Waals surface area contributed by atoms with Crippen LogP contribution in [0.1, 0.15) is 4.88 Å². The van der Waals surface area contributed by atoms with Gasteiger partial charge in [-0.1, -0.05) is 11.6 Å². The number of benzene rings is 1. The highest BCUT2D eigenvalue weighted by atomic mass is 79.9. The maximum Gasteiger partial charge on any atom is 0.244 e. The monoisotopic (exact) mass is 394 g/mol. The van der Waals surface area contributed by atoms with Crippen molar-refractivity contribution in [3.05, 3.63) is 44.0 Å². The van der Waals surface area contributed by atoms with Gasteiger partial charge in [-0.3, -0.25) is 0 Å². The van der Waals surface area contributed by atoms with Crippen molar-refractivity contribution >= 4 is 54.6 Å². The number of nitrogen functional groups attached to an aromatic ring is 1. The molecule has 0 unspecified atom stereocenters. The molecule has 2 aromatic rings. The van der Waals surface area contributed by atoms with Gasteiger partial charge in [-0.2, -0.15) is 4.31 Å². The molecule has 20 heavy (non-hydrogen) atoms. The molecule has 0 aliphatic heterocycles. The molecule has 108 valence electrons. The molecule has 4 nitrogen and oxygen atoms in total. The highest BCUT2D eigenvalue weighted by molar-refractivity contribution is 9.10. The van der Waals surface area contributed by atoms with Crippen molar-refractivity contribution in [1.82, 2.24) is 4.31 Å². The van der Waals surface area contributed by atoms with E-state index < -0.39 is 10.0 Å². The summed E-state index contributed by atoms with van der Waals surface area (Å²) in [7, 11) is -2.11. The molecule has 1 aromatic carbocycles. The predicted molar refractivity (Wildman–Crippen MR) is 86.5 cm³/mol. The zero-order valence-electron chi connectivity index (χ0n) is 10.5. The number of hydrogen-bond donors (Lipinski definition) is 1. The van der Waals surface area contributed by atoms with Gasteiger partial charge in [-0.15, -0.1) is 11.3 Å². The number of anilines is 1. The Labute approximate surface area is 135 Å². The Hall–Kier alpha value is -0.600. The van der Waals surface area contributed by atoms with Crippen molar-refractivity contribution in [1.29, 1.82) is 0 Å². The van der Waals surface area contributed by atoms with Crippen molar-refractivity contribution in [3.8, 4) is 0 Å². The molecule has 0 saturated heterocycles. The summed E-state index contributed by atoms with van der Waals surface area (Å²) in [5.74, 6) is 0. The summed E-state index contributed by atoms with van der Waals surface area (Å²) in [6, 6.07) is 6.27. The van der Waals surface area contributed by atoms with E-state index in [0.29, 0.717) is 12.2 Å². The minimum atomic E-state index is -3.64. The molecule has 0 radical (unpaired) electrons. The normalized spacial score (nSPS) is 12.0. The Balaban J connectivity index is 2.29. The molecule has 0 amide bonds.